The van der Waals surface area contributed by atoms with Crippen LogP contribution in [0.2, 0.25) is 0 Å². The van der Waals surface area contributed by atoms with Crippen LogP contribution >= 0.6 is 0 Å². The first-order valence-electron chi connectivity index (χ1n) is 13.3. The SMILES string of the molecule is O=C1CCC(N2Cc3c(ccc4c3OCC43CCN(Cc4cccc(-c5cn[nH]c5)c4)CC3)C2=O)C(=O)N1. The van der Waals surface area contributed by atoms with Crippen LogP contribution in [0.5, 0.6) is 5.75 Å². The van der Waals surface area contributed by atoms with Gasteiger partial charge in [0.1, 0.15) is 11.8 Å². The highest BCUT2D eigenvalue weighted by molar-refractivity contribution is 6.05. The van der Waals surface area contributed by atoms with Crippen molar-refractivity contribution in [2.45, 2.75) is 50.2 Å². The van der Waals surface area contributed by atoms with Crippen LogP contribution in [0.25, 0.3) is 11.1 Å². The molecule has 2 fully saturated rings. The molecule has 0 aliphatic carbocycles. The van der Waals surface area contributed by atoms with Crippen LogP contribution in [-0.2, 0) is 28.1 Å². The Morgan fingerprint density at radius 3 is 2.74 bits per heavy atom. The standard InChI is InChI=1S/C29H29N5O4/c35-25-7-6-24(27(36)32-25)34-16-22-21(28(34)37)4-5-23-26(22)38-17-29(23)8-10-33(11-9-29)15-18-2-1-3-19(12-18)20-13-30-31-14-20/h1-5,12-14,24H,6-11,15-17H2,(H,30,31)(H,32,35,36). The predicted octanol–water partition coefficient (Wildman–Crippen LogP) is 2.76. The molecule has 0 bridgehead atoms. The molecule has 2 saturated heterocycles. The fraction of sp³-hybridized carbons (Fsp3) is 0.379. The van der Waals surface area contributed by atoms with Crippen molar-refractivity contribution in [3.8, 4) is 16.9 Å². The van der Waals surface area contributed by atoms with Crippen molar-refractivity contribution in [1.29, 1.82) is 0 Å². The predicted molar refractivity (Wildman–Crippen MR) is 138 cm³/mol. The van der Waals surface area contributed by atoms with Crippen LogP contribution in [0.4, 0.5) is 0 Å². The summed E-state index contributed by atoms with van der Waals surface area (Å²) in [7, 11) is 0. The number of imide groups is 1. The van der Waals surface area contributed by atoms with Gasteiger partial charge in [-0.3, -0.25) is 29.7 Å². The summed E-state index contributed by atoms with van der Waals surface area (Å²) < 4.78 is 6.31. The highest BCUT2D eigenvalue weighted by atomic mass is 16.5. The number of nitrogens with one attached hydrogen (secondary N) is 2. The summed E-state index contributed by atoms with van der Waals surface area (Å²) in [5.41, 5.74) is 6.17. The molecule has 4 aliphatic heterocycles. The second kappa shape index (κ2) is 8.80. The Morgan fingerprint density at radius 1 is 1.08 bits per heavy atom. The van der Waals surface area contributed by atoms with Crippen molar-refractivity contribution < 1.29 is 19.1 Å². The van der Waals surface area contributed by atoms with Crippen LogP contribution in [0.1, 0.15) is 52.7 Å². The average molecular weight is 512 g/mol. The number of H-pyrrole nitrogens is 1. The van der Waals surface area contributed by atoms with Gasteiger partial charge in [-0.25, -0.2) is 0 Å². The zero-order valence-corrected chi connectivity index (χ0v) is 21.0. The van der Waals surface area contributed by atoms with Crippen molar-refractivity contribution in [2.24, 2.45) is 0 Å². The molecular weight excluding hydrogens is 482 g/mol. The first kappa shape index (κ1) is 23.2. The number of fused-ring (bicyclic) bond motifs is 4. The molecule has 38 heavy (non-hydrogen) atoms. The lowest BCUT2D eigenvalue weighted by atomic mass is 9.74. The molecule has 1 atom stereocenters. The van der Waals surface area contributed by atoms with Gasteiger partial charge in [0, 0.05) is 46.8 Å². The van der Waals surface area contributed by atoms with Gasteiger partial charge in [0.25, 0.3) is 5.91 Å². The van der Waals surface area contributed by atoms with E-state index in [9.17, 15) is 14.4 Å². The highest BCUT2D eigenvalue weighted by Crippen LogP contribution is 2.49. The highest BCUT2D eigenvalue weighted by Gasteiger charge is 2.47. The molecule has 9 nitrogen and oxygen atoms in total. The summed E-state index contributed by atoms with van der Waals surface area (Å²) in [5.74, 6) is -0.000995. The van der Waals surface area contributed by atoms with Crippen LogP contribution < -0.4 is 10.1 Å². The molecule has 9 heteroatoms. The Bertz CT molecular complexity index is 1440. The van der Waals surface area contributed by atoms with Crippen LogP contribution in [0.3, 0.4) is 0 Å². The molecular formula is C29H29N5O4. The van der Waals surface area contributed by atoms with E-state index in [0.717, 1.165) is 54.9 Å². The molecule has 0 saturated carbocycles. The summed E-state index contributed by atoms with van der Waals surface area (Å²) in [6.45, 7) is 3.80. The summed E-state index contributed by atoms with van der Waals surface area (Å²) in [4.78, 5) is 41.3. The molecule has 7 rings (SSSR count). The molecule has 3 amide bonds. The van der Waals surface area contributed by atoms with Gasteiger partial charge in [0.05, 0.1) is 19.3 Å². The van der Waals surface area contributed by atoms with Gasteiger partial charge in [-0.15, -0.1) is 0 Å². The lowest BCUT2D eigenvalue weighted by molar-refractivity contribution is -0.136. The molecule has 3 aromatic rings. The van der Waals surface area contributed by atoms with Crippen molar-refractivity contribution in [3.63, 3.8) is 0 Å². The Labute approximate surface area is 220 Å². The number of carbonyl (C=O) groups excluding carboxylic acids is 3. The third-order valence-corrected chi connectivity index (χ3v) is 8.71. The van der Waals surface area contributed by atoms with E-state index in [0.29, 0.717) is 25.1 Å². The number of likely N-dealkylation sites (tertiary alicyclic amines) is 1. The quantitative estimate of drug-likeness (QED) is 0.522. The van der Waals surface area contributed by atoms with Gasteiger partial charge >= 0.3 is 0 Å². The number of benzene rings is 2. The Morgan fingerprint density at radius 2 is 1.95 bits per heavy atom. The van der Waals surface area contributed by atoms with Crippen molar-refractivity contribution in [2.75, 3.05) is 19.7 Å². The minimum absolute atomic E-state index is 0.0510. The molecule has 0 radical (unpaired) electrons. The molecule has 194 valence electrons. The van der Waals surface area contributed by atoms with Crippen molar-refractivity contribution in [1.82, 2.24) is 25.3 Å². The summed E-state index contributed by atoms with van der Waals surface area (Å²) in [6, 6.07) is 12.0. The van der Waals surface area contributed by atoms with E-state index in [2.05, 4.69) is 50.7 Å². The van der Waals surface area contributed by atoms with Gasteiger partial charge in [-0.1, -0.05) is 24.3 Å². The number of hydrogen-bond acceptors (Lipinski definition) is 6. The first-order chi connectivity index (χ1) is 18.5. The lowest BCUT2D eigenvalue weighted by Gasteiger charge is -2.38. The molecule has 2 aromatic carbocycles. The Kier molecular flexibility index (Phi) is 5.36. The molecule has 1 unspecified atom stereocenters. The lowest BCUT2D eigenvalue weighted by Crippen LogP contribution is -2.52. The van der Waals surface area contributed by atoms with Gasteiger partial charge in [0.15, 0.2) is 0 Å². The minimum Gasteiger partial charge on any atom is -0.492 e. The van der Waals surface area contributed by atoms with Gasteiger partial charge < -0.3 is 9.64 Å². The number of piperidine rings is 2. The van der Waals surface area contributed by atoms with E-state index >= 15 is 0 Å². The van der Waals surface area contributed by atoms with Crippen LogP contribution in [-0.4, -0.2) is 63.5 Å². The Balaban J connectivity index is 1.06. The fourth-order valence-corrected chi connectivity index (χ4v) is 6.55. The normalized spacial score (nSPS) is 22.4. The van der Waals surface area contributed by atoms with E-state index in [4.69, 9.17) is 4.74 Å². The van der Waals surface area contributed by atoms with Crippen molar-refractivity contribution >= 4 is 17.7 Å². The van der Waals surface area contributed by atoms with E-state index in [1.807, 2.05) is 18.5 Å². The number of aromatic amines is 1. The summed E-state index contributed by atoms with van der Waals surface area (Å²) >= 11 is 0. The molecule has 5 heterocycles. The van der Waals surface area contributed by atoms with E-state index in [1.165, 1.54) is 11.1 Å². The smallest absolute Gasteiger partial charge is 0.255 e. The van der Waals surface area contributed by atoms with Crippen LogP contribution in [0.15, 0.2) is 48.8 Å². The zero-order chi connectivity index (χ0) is 25.9. The van der Waals surface area contributed by atoms with Gasteiger partial charge in [-0.05, 0) is 55.6 Å². The maximum Gasteiger partial charge on any atom is 0.255 e. The van der Waals surface area contributed by atoms with E-state index < -0.39 is 6.04 Å². The summed E-state index contributed by atoms with van der Waals surface area (Å²) in [5, 5.41) is 9.32. The second-order valence-corrected chi connectivity index (χ2v) is 10.9. The van der Waals surface area contributed by atoms with Crippen molar-refractivity contribution in [3.05, 3.63) is 71.0 Å². The van der Waals surface area contributed by atoms with E-state index in [1.54, 1.807) is 4.90 Å². The molecule has 1 aromatic heterocycles. The number of ether oxygens (including phenoxy) is 1. The largest absolute Gasteiger partial charge is 0.492 e. The second-order valence-electron chi connectivity index (χ2n) is 10.9. The van der Waals surface area contributed by atoms with Gasteiger partial charge in [0.2, 0.25) is 11.8 Å². The third-order valence-electron chi connectivity index (χ3n) is 8.71. The topological polar surface area (TPSA) is 108 Å². The fourth-order valence-electron chi connectivity index (χ4n) is 6.55. The number of aromatic nitrogens is 2. The van der Waals surface area contributed by atoms with E-state index in [-0.39, 0.29) is 29.6 Å². The average Bonchev–Trinajstić information content (AvgIpc) is 3.65. The molecule has 4 aliphatic rings. The third kappa shape index (κ3) is 3.72. The number of carbonyl (C=O) groups is 3. The number of amides is 3. The Hall–Kier alpha value is -3.98. The maximum absolute atomic E-state index is 13.2. The molecule has 2 N–H and O–H groups in total. The monoisotopic (exact) mass is 511 g/mol. The van der Waals surface area contributed by atoms with Gasteiger partial charge in [-0.2, -0.15) is 5.10 Å². The zero-order valence-electron chi connectivity index (χ0n) is 21.0. The van der Waals surface area contributed by atoms with Crippen LogP contribution in [0, 0.1) is 0 Å². The number of rotatable bonds is 4. The summed E-state index contributed by atoms with van der Waals surface area (Å²) in [6.07, 6.45) is 6.35. The maximum atomic E-state index is 13.2. The number of nitrogens with zero attached hydrogens (tertiary/aromatic N) is 3. The first-order valence-corrected chi connectivity index (χ1v) is 13.3. The molecule has 1 spiro atoms. The number of hydrogen-bond donors (Lipinski definition) is 2. The minimum atomic E-state index is -0.617.